The van der Waals surface area contributed by atoms with E-state index in [0.29, 0.717) is 79.3 Å². The maximum absolute atomic E-state index is 14.2. The topological polar surface area (TPSA) is 119 Å². The number of hydrogen-bond acceptors (Lipinski definition) is 9. The van der Waals surface area contributed by atoms with Crippen LogP contribution in [0, 0.1) is 0 Å². The normalized spacial score (nSPS) is 20.3. The van der Waals surface area contributed by atoms with Crippen LogP contribution in [0.2, 0.25) is 0 Å². The molecule has 4 aliphatic rings. The summed E-state index contributed by atoms with van der Waals surface area (Å²) in [5, 5.41) is 0. The summed E-state index contributed by atoms with van der Waals surface area (Å²) >= 11 is 0. The van der Waals surface area contributed by atoms with Gasteiger partial charge in [-0.15, -0.1) is 0 Å². The third-order valence-corrected chi connectivity index (χ3v) is 11.2. The van der Waals surface area contributed by atoms with Gasteiger partial charge in [-0.1, -0.05) is 18.2 Å². The van der Waals surface area contributed by atoms with Gasteiger partial charge in [0.25, 0.3) is 0 Å². The maximum atomic E-state index is 14.2. The monoisotopic (exact) mass is 780 g/mol. The van der Waals surface area contributed by atoms with Gasteiger partial charge in [-0.3, -0.25) is 29.7 Å². The van der Waals surface area contributed by atoms with Gasteiger partial charge in [0.15, 0.2) is 0 Å². The zero-order chi connectivity index (χ0) is 40.9. The molecule has 0 aliphatic carbocycles. The van der Waals surface area contributed by atoms with E-state index in [4.69, 9.17) is 15.0 Å². The molecule has 3 aromatic rings. The second-order valence-corrected chi connectivity index (χ2v) is 18.9. The first-order chi connectivity index (χ1) is 26.8. The predicted octanol–water partition coefficient (Wildman–Crippen LogP) is 5.54. The number of aromatic nitrogens is 3. The van der Waals surface area contributed by atoms with Crippen molar-refractivity contribution in [2.45, 2.75) is 118 Å². The van der Waals surface area contributed by atoms with Gasteiger partial charge in [0.05, 0.1) is 113 Å². The van der Waals surface area contributed by atoms with Crippen LogP contribution in [0.1, 0.15) is 96.5 Å². The average molecular weight is 781 g/mol. The Morgan fingerprint density at radius 2 is 0.526 bits per heavy atom. The highest BCUT2D eigenvalue weighted by atomic mass is 16.2. The van der Waals surface area contributed by atoms with Crippen LogP contribution in [0.3, 0.4) is 0 Å². The summed E-state index contributed by atoms with van der Waals surface area (Å²) < 4.78 is 0. The van der Waals surface area contributed by atoms with Crippen LogP contribution in [0.5, 0.6) is 0 Å². The zero-order valence-corrected chi connectivity index (χ0v) is 35.3. The van der Waals surface area contributed by atoms with Crippen LogP contribution < -0.4 is 0 Å². The quantitative estimate of drug-likeness (QED) is 0.290. The molecule has 7 rings (SSSR count). The molecule has 12 bridgehead atoms. The molecular weight excluding hydrogens is 721 g/mol. The van der Waals surface area contributed by atoms with Gasteiger partial charge in [0.2, 0.25) is 0 Å². The van der Waals surface area contributed by atoms with Crippen molar-refractivity contribution in [3.8, 4) is 0 Å². The summed E-state index contributed by atoms with van der Waals surface area (Å²) in [4.78, 5) is 75.6. The van der Waals surface area contributed by atoms with E-state index in [-0.39, 0.29) is 34.7 Å². The molecule has 0 saturated carbocycles. The minimum Gasteiger partial charge on any atom is -0.306 e. The average Bonchev–Trinajstić information content (AvgIpc) is 3.12. The Morgan fingerprint density at radius 1 is 0.351 bits per heavy atom. The molecule has 6 amide bonds. The molecule has 15 nitrogen and oxygen atoms in total. The second-order valence-electron chi connectivity index (χ2n) is 18.9. The van der Waals surface area contributed by atoms with Crippen molar-refractivity contribution in [1.82, 2.24) is 59.1 Å². The van der Waals surface area contributed by atoms with E-state index in [9.17, 15) is 14.4 Å². The zero-order valence-electron chi connectivity index (χ0n) is 35.3. The lowest BCUT2D eigenvalue weighted by molar-refractivity contribution is -0.0223. The van der Waals surface area contributed by atoms with E-state index in [2.05, 4.69) is 77.0 Å². The molecule has 0 spiro atoms. The number of carbonyl (C=O) groups is 3. The molecule has 3 saturated heterocycles. The Hall–Kier alpha value is -4.86. The summed E-state index contributed by atoms with van der Waals surface area (Å²) in [5.41, 5.74) is 3.90. The molecule has 0 N–H and O–H groups in total. The summed E-state index contributed by atoms with van der Waals surface area (Å²) in [5.74, 6) is 0. The second kappa shape index (κ2) is 15.5. The van der Waals surface area contributed by atoms with E-state index in [0.717, 1.165) is 34.2 Å². The molecule has 57 heavy (non-hydrogen) atoms. The molecule has 4 aliphatic heterocycles. The summed E-state index contributed by atoms with van der Waals surface area (Å²) in [6, 6.07) is 17.3. The van der Waals surface area contributed by atoms with Crippen LogP contribution in [-0.2, 0) is 39.3 Å². The lowest BCUT2D eigenvalue weighted by atomic mass is 10.1. The molecule has 15 heteroatoms. The lowest BCUT2D eigenvalue weighted by Gasteiger charge is -2.48. The largest absolute Gasteiger partial charge is 0.322 e. The summed E-state index contributed by atoms with van der Waals surface area (Å²) in [6.07, 6.45) is 0. The van der Waals surface area contributed by atoms with E-state index in [1.165, 1.54) is 0 Å². The van der Waals surface area contributed by atoms with Gasteiger partial charge in [-0.2, -0.15) is 0 Å². The van der Waals surface area contributed by atoms with Gasteiger partial charge < -0.3 is 29.4 Å². The smallest absolute Gasteiger partial charge is 0.306 e. The molecule has 3 fully saturated rings. The van der Waals surface area contributed by atoms with Crippen LogP contribution in [0.25, 0.3) is 0 Å². The molecule has 7 heterocycles. The Labute approximate surface area is 337 Å². The van der Waals surface area contributed by atoms with E-state index >= 15 is 0 Å². The highest BCUT2D eigenvalue weighted by molar-refractivity contribution is 5.76. The standard InChI is InChI=1S/C42H60N12O3/c1-40(2,3)52-25-46-19-31-13-10-15-33(43-31)21-48-27-53(41(4,5)6)29-50(38(48)56)23-35-17-12-18-36(45-35)24-51-30-54(42(7,8)9)28-49(39(51)57)22-34-16-11-14-32(44-34)20-47(26-52)37(46)55/h10-18H,19-30H2,1-9H3. The maximum Gasteiger partial charge on any atom is 0.322 e. The van der Waals surface area contributed by atoms with Crippen molar-refractivity contribution in [1.29, 1.82) is 0 Å². The lowest BCUT2D eigenvalue weighted by Crippen LogP contribution is -2.62. The first-order valence-electron chi connectivity index (χ1n) is 20.0. The van der Waals surface area contributed by atoms with Gasteiger partial charge in [0.1, 0.15) is 0 Å². The molecular formula is C42H60N12O3. The minimum absolute atomic E-state index is 0.0912. The first-order valence-corrected chi connectivity index (χ1v) is 20.0. The van der Waals surface area contributed by atoms with Crippen molar-refractivity contribution >= 4 is 18.1 Å². The Balaban J connectivity index is 1.27. The number of fused-ring (bicyclic) bond motifs is 12. The van der Waals surface area contributed by atoms with Gasteiger partial charge in [-0.25, -0.2) is 14.4 Å². The van der Waals surface area contributed by atoms with Crippen molar-refractivity contribution in [2.75, 3.05) is 40.0 Å². The molecule has 306 valence electrons. The third kappa shape index (κ3) is 9.31. The molecule has 0 aromatic carbocycles. The molecule has 0 atom stereocenters. The van der Waals surface area contributed by atoms with Crippen molar-refractivity contribution < 1.29 is 14.4 Å². The fourth-order valence-corrected chi connectivity index (χ4v) is 7.60. The van der Waals surface area contributed by atoms with Crippen LogP contribution in [0.4, 0.5) is 14.4 Å². The third-order valence-electron chi connectivity index (χ3n) is 11.2. The van der Waals surface area contributed by atoms with Crippen molar-refractivity contribution in [3.63, 3.8) is 0 Å². The fourth-order valence-electron chi connectivity index (χ4n) is 7.60. The SMILES string of the molecule is CC(C)(C)N1CN2Cc3cccc(n3)CN3CN(C(C)(C)C)CN(Cc4cccc(n4)CN4CN(C(C)(C)C)CN(Cc5cccc(n5)CN(C1)C2=O)C4=O)C3=O. The van der Waals surface area contributed by atoms with Crippen molar-refractivity contribution in [2.24, 2.45) is 0 Å². The number of amides is 6. The molecule has 3 aromatic heterocycles. The van der Waals surface area contributed by atoms with Gasteiger partial charge in [-0.05, 0) is 98.7 Å². The summed E-state index contributed by atoms with van der Waals surface area (Å²) in [6.45, 7) is 24.0. The Bertz CT molecular complexity index is 1650. The fraction of sp³-hybridized carbons (Fsp3) is 0.571. The Morgan fingerprint density at radius 3 is 0.684 bits per heavy atom. The van der Waals surface area contributed by atoms with E-state index < -0.39 is 0 Å². The van der Waals surface area contributed by atoms with Crippen LogP contribution >= 0.6 is 0 Å². The number of urea groups is 3. The van der Waals surface area contributed by atoms with E-state index in [1.807, 2.05) is 84.0 Å². The van der Waals surface area contributed by atoms with Crippen LogP contribution in [-0.4, -0.2) is 134 Å². The predicted molar refractivity (Wildman–Crippen MR) is 216 cm³/mol. The number of nitrogens with zero attached hydrogens (tertiary/aromatic N) is 12. The Kier molecular flexibility index (Phi) is 11.0. The number of pyridine rings is 3. The highest BCUT2D eigenvalue weighted by Gasteiger charge is 2.39. The molecule has 0 radical (unpaired) electrons. The number of rotatable bonds is 0. The highest BCUT2D eigenvalue weighted by Crippen LogP contribution is 2.27. The van der Waals surface area contributed by atoms with Crippen LogP contribution in [0.15, 0.2) is 54.6 Å². The first kappa shape index (κ1) is 40.3. The van der Waals surface area contributed by atoms with Crippen molar-refractivity contribution in [3.05, 3.63) is 88.8 Å². The molecule has 0 unspecified atom stereocenters. The van der Waals surface area contributed by atoms with E-state index in [1.54, 1.807) is 0 Å². The number of hydrogen-bond donors (Lipinski definition) is 0. The number of carbonyl (C=O) groups excluding carboxylic acids is 3. The van der Waals surface area contributed by atoms with Gasteiger partial charge >= 0.3 is 18.1 Å². The minimum atomic E-state index is -0.209. The van der Waals surface area contributed by atoms with Gasteiger partial charge in [0, 0.05) is 16.6 Å². The summed E-state index contributed by atoms with van der Waals surface area (Å²) in [7, 11) is 0.